The number of nitrogens with zero attached hydrogens (tertiary/aromatic N) is 1. The molecular formula is C31H36BNO8S. The van der Waals surface area contributed by atoms with Crippen molar-refractivity contribution >= 4 is 22.4 Å². The van der Waals surface area contributed by atoms with E-state index < -0.39 is 17.0 Å². The minimum Gasteiger partial charge on any atom is -0.494 e. The molecule has 1 heterocycles. The van der Waals surface area contributed by atoms with Crippen LogP contribution in [-0.2, 0) is 25.8 Å². The van der Waals surface area contributed by atoms with E-state index in [1.807, 2.05) is 38.1 Å². The molecule has 0 saturated heterocycles. The molecule has 0 amide bonds. The Kier molecular flexibility index (Phi) is 9.62. The van der Waals surface area contributed by atoms with Gasteiger partial charge in [-0.3, -0.25) is 0 Å². The molecule has 9 nitrogen and oxygen atoms in total. The minimum atomic E-state index is -3.01. The van der Waals surface area contributed by atoms with Crippen LogP contribution in [0.2, 0.25) is 0 Å². The van der Waals surface area contributed by atoms with Gasteiger partial charge in [-0.05, 0) is 84.8 Å². The predicted octanol–water partition coefficient (Wildman–Crippen LogP) is 5.06. The third kappa shape index (κ3) is 8.16. The summed E-state index contributed by atoms with van der Waals surface area (Å²) in [6.45, 7) is 6.86. The van der Waals surface area contributed by atoms with Gasteiger partial charge in [-0.2, -0.15) is 0 Å². The summed E-state index contributed by atoms with van der Waals surface area (Å²) >= 11 is 0. The van der Waals surface area contributed by atoms with Crippen molar-refractivity contribution in [1.29, 1.82) is 0 Å². The number of sulfone groups is 1. The molecule has 0 aromatic heterocycles. The van der Waals surface area contributed by atoms with E-state index in [0.717, 1.165) is 39.1 Å². The summed E-state index contributed by atoms with van der Waals surface area (Å²) in [5.41, 5.74) is 7.09. The van der Waals surface area contributed by atoms with Gasteiger partial charge in [0.25, 0.3) is 11.9 Å². The number of benzene rings is 3. The van der Waals surface area contributed by atoms with Crippen molar-refractivity contribution in [3.63, 3.8) is 0 Å². The van der Waals surface area contributed by atoms with Crippen LogP contribution in [0.3, 0.4) is 0 Å². The number of aliphatic hydroxyl groups excluding tert-OH is 2. The highest BCUT2D eigenvalue weighted by molar-refractivity contribution is 7.90. The minimum absolute atomic E-state index is 0.104. The molecule has 0 atom stereocenters. The number of aliphatic hydroxyl groups is 2. The monoisotopic (exact) mass is 593 g/mol. The van der Waals surface area contributed by atoms with Crippen LogP contribution in [-0.4, -0.2) is 56.3 Å². The van der Waals surface area contributed by atoms with Crippen molar-refractivity contribution in [1.82, 2.24) is 4.90 Å². The summed E-state index contributed by atoms with van der Waals surface area (Å²) in [6, 6.07) is 17.1. The van der Waals surface area contributed by atoms with Crippen molar-refractivity contribution in [3.05, 3.63) is 101 Å². The SMILES string of the molecule is Cc1cc(OCCCS(C)(=O)=O)cc(C)c1-c1cccc(COc2ccc(B3OC(O)=CN(C)/C=C(/O)O3)cc2)c1C. The molecule has 4 rings (SSSR count). The number of hydrogen-bond donors (Lipinski definition) is 2. The van der Waals surface area contributed by atoms with Crippen LogP contribution in [0.25, 0.3) is 11.1 Å². The third-order valence-corrected chi connectivity index (χ3v) is 7.81. The second kappa shape index (κ2) is 13.2. The van der Waals surface area contributed by atoms with Gasteiger partial charge >= 0.3 is 7.12 Å². The van der Waals surface area contributed by atoms with Gasteiger partial charge in [-0.25, -0.2) is 8.42 Å². The zero-order chi connectivity index (χ0) is 30.4. The second-order valence-corrected chi connectivity index (χ2v) is 12.6. The van der Waals surface area contributed by atoms with Crippen LogP contribution < -0.4 is 14.9 Å². The third-order valence-electron chi connectivity index (χ3n) is 6.78. The Balaban J connectivity index is 1.44. The highest BCUT2D eigenvalue weighted by Crippen LogP contribution is 2.34. The number of aryl methyl sites for hydroxylation is 2. The van der Waals surface area contributed by atoms with E-state index in [2.05, 4.69) is 13.0 Å². The van der Waals surface area contributed by atoms with Gasteiger partial charge in [0, 0.05) is 18.8 Å². The van der Waals surface area contributed by atoms with Gasteiger partial charge in [0.05, 0.1) is 24.8 Å². The molecule has 0 unspecified atom stereocenters. The molecule has 0 spiro atoms. The van der Waals surface area contributed by atoms with Gasteiger partial charge in [0.1, 0.15) is 27.9 Å². The molecule has 11 heteroatoms. The summed E-state index contributed by atoms with van der Waals surface area (Å²) in [4.78, 5) is 1.41. The molecule has 3 aromatic carbocycles. The molecule has 222 valence electrons. The molecule has 0 radical (unpaired) electrons. The lowest BCUT2D eigenvalue weighted by atomic mass is 9.79. The fourth-order valence-corrected chi connectivity index (χ4v) is 5.40. The number of hydrogen-bond acceptors (Lipinski definition) is 9. The molecule has 42 heavy (non-hydrogen) atoms. The highest BCUT2D eigenvalue weighted by Gasteiger charge is 2.29. The smallest absolute Gasteiger partial charge is 0.494 e. The average Bonchev–Trinajstić information content (AvgIpc) is 2.89. The van der Waals surface area contributed by atoms with E-state index >= 15 is 0 Å². The Hall–Kier alpha value is -4.25. The summed E-state index contributed by atoms with van der Waals surface area (Å²) in [7, 11) is -2.42. The Morgan fingerprint density at radius 1 is 0.881 bits per heavy atom. The largest absolute Gasteiger partial charge is 0.636 e. The lowest BCUT2D eigenvalue weighted by molar-refractivity contribution is 0.124. The Morgan fingerprint density at radius 2 is 1.50 bits per heavy atom. The molecule has 3 aromatic rings. The molecule has 0 saturated carbocycles. The van der Waals surface area contributed by atoms with Crippen molar-refractivity contribution in [2.45, 2.75) is 33.8 Å². The van der Waals surface area contributed by atoms with Crippen molar-refractivity contribution < 1.29 is 37.4 Å². The van der Waals surface area contributed by atoms with Gasteiger partial charge < -0.3 is 33.9 Å². The van der Waals surface area contributed by atoms with E-state index in [4.69, 9.17) is 18.8 Å². The van der Waals surface area contributed by atoms with E-state index in [9.17, 15) is 18.6 Å². The lowest BCUT2D eigenvalue weighted by Gasteiger charge is -2.20. The van der Waals surface area contributed by atoms with Crippen LogP contribution in [0.1, 0.15) is 28.7 Å². The Labute approximate surface area is 247 Å². The zero-order valence-corrected chi connectivity index (χ0v) is 25.3. The van der Waals surface area contributed by atoms with Crippen LogP contribution in [0.5, 0.6) is 11.5 Å². The molecule has 0 aliphatic carbocycles. The van der Waals surface area contributed by atoms with Gasteiger partial charge in [-0.1, -0.05) is 30.3 Å². The second-order valence-electron chi connectivity index (χ2n) is 10.4. The average molecular weight is 594 g/mol. The molecule has 0 bridgehead atoms. The topological polar surface area (TPSA) is 115 Å². The molecule has 1 aliphatic heterocycles. The first-order valence-corrected chi connectivity index (χ1v) is 15.6. The number of rotatable bonds is 10. The van der Waals surface area contributed by atoms with E-state index in [1.165, 1.54) is 23.6 Å². The Bertz CT molecular complexity index is 1540. The summed E-state index contributed by atoms with van der Waals surface area (Å²) < 4.78 is 45.5. The zero-order valence-electron chi connectivity index (χ0n) is 24.5. The highest BCUT2D eigenvalue weighted by atomic mass is 32.2. The first kappa shape index (κ1) is 30.7. The quantitative estimate of drug-likeness (QED) is 0.246. The first-order chi connectivity index (χ1) is 19.9. The standard InChI is InChI=1S/C31H36BNO8S/c1-21-16-27(38-14-7-15-42(5,36)37)17-22(2)31(21)28-9-6-8-24(23(28)3)20-39-26-12-10-25(11-13-26)32-40-29(34)18-33(4)19-30(35)41-32/h6,8-13,16-19,34-35H,7,14-15,20H2,1-5H3/b29-18-,30-19?. The first-order valence-electron chi connectivity index (χ1n) is 13.5. The summed E-state index contributed by atoms with van der Waals surface area (Å²) in [6.07, 6.45) is 4.31. The van der Waals surface area contributed by atoms with Crippen LogP contribution in [0.15, 0.2) is 78.9 Å². The fraction of sp³-hybridized carbons (Fsp3) is 0.290. The van der Waals surface area contributed by atoms with Gasteiger partial charge in [0.2, 0.25) is 0 Å². The summed E-state index contributed by atoms with van der Waals surface area (Å²) in [5, 5.41) is 19.9. The lowest BCUT2D eigenvalue weighted by Crippen LogP contribution is -2.37. The van der Waals surface area contributed by atoms with Crippen LogP contribution in [0, 0.1) is 20.8 Å². The van der Waals surface area contributed by atoms with Crippen molar-refractivity contribution in [2.75, 3.05) is 25.7 Å². The predicted molar refractivity (Wildman–Crippen MR) is 163 cm³/mol. The normalized spacial score (nSPS) is 15.0. The maximum Gasteiger partial charge on any atom is 0.636 e. The number of ether oxygens (including phenoxy) is 2. The summed E-state index contributed by atoms with van der Waals surface area (Å²) in [5.74, 6) is 0.770. The molecular weight excluding hydrogens is 557 g/mol. The van der Waals surface area contributed by atoms with Crippen LogP contribution >= 0.6 is 0 Å². The van der Waals surface area contributed by atoms with Gasteiger partial charge in [-0.15, -0.1) is 0 Å². The molecule has 2 N–H and O–H groups in total. The van der Waals surface area contributed by atoms with Crippen LogP contribution in [0.4, 0.5) is 0 Å². The van der Waals surface area contributed by atoms with E-state index in [0.29, 0.717) is 30.8 Å². The van der Waals surface area contributed by atoms with E-state index in [-0.39, 0.29) is 17.6 Å². The van der Waals surface area contributed by atoms with Crippen molar-refractivity contribution in [3.8, 4) is 22.6 Å². The van der Waals surface area contributed by atoms with E-state index in [1.54, 1.807) is 31.3 Å². The fourth-order valence-electron chi connectivity index (χ4n) is 4.76. The maximum atomic E-state index is 11.4. The molecule has 1 aliphatic rings. The van der Waals surface area contributed by atoms with Gasteiger partial charge in [0.15, 0.2) is 0 Å². The molecule has 0 fully saturated rings. The maximum absolute atomic E-state index is 11.4. The van der Waals surface area contributed by atoms with Crippen molar-refractivity contribution in [2.24, 2.45) is 0 Å². The Morgan fingerprint density at radius 3 is 2.10 bits per heavy atom.